The van der Waals surface area contributed by atoms with E-state index in [1.165, 1.54) is 16.8 Å². The Balaban J connectivity index is 1.39. The Morgan fingerprint density at radius 2 is 1.64 bits per heavy atom. The predicted octanol–water partition coefficient (Wildman–Crippen LogP) is 4.66. The third kappa shape index (κ3) is 6.35. The van der Waals surface area contributed by atoms with Gasteiger partial charge in [0.05, 0.1) is 13.2 Å². The number of unbranched alkanes of at least 4 members (excludes halogenated alkanes) is 1. The first-order valence-electron chi connectivity index (χ1n) is 10.0. The number of morpholine rings is 1. The molecule has 0 aliphatic carbocycles. The molecule has 1 heterocycles. The second-order valence-electron chi connectivity index (χ2n) is 7.35. The molecule has 2 aromatic carbocycles. The van der Waals surface area contributed by atoms with Crippen molar-refractivity contribution in [1.82, 2.24) is 4.90 Å². The zero-order valence-corrected chi connectivity index (χ0v) is 18.2. The summed E-state index contributed by atoms with van der Waals surface area (Å²) in [6, 6.07) is 17.0. The van der Waals surface area contributed by atoms with Gasteiger partial charge in [-0.1, -0.05) is 40.2 Å². The smallest absolute Gasteiger partial charge is 0.222 e. The maximum atomic E-state index is 12.4. The fourth-order valence-electron chi connectivity index (χ4n) is 3.44. The van der Waals surface area contributed by atoms with Gasteiger partial charge in [0.2, 0.25) is 5.91 Å². The van der Waals surface area contributed by atoms with Crippen molar-refractivity contribution in [2.75, 3.05) is 38.3 Å². The van der Waals surface area contributed by atoms with Crippen molar-refractivity contribution >= 4 is 27.5 Å². The van der Waals surface area contributed by atoms with E-state index in [1.54, 1.807) is 0 Å². The van der Waals surface area contributed by atoms with Crippen molar-refractivity contribution < 1.29 is 9.53 Å². The molecule has 2 aromatic rings. The standard InChI is InChI=1S/C23H29BrN2O2/c1-25(23(27)5-3-2-4-19-6-10-21(24)11-7-19)18-20-8-12-22(13-9-20)26-14-16-28-17-15-26/h6-13H,2-5,14-18H2,1H3. The lowest BCUT2D eigenvalue weighted by Crippen LogP contribution is -2.36. The lowest BCUT2D eigenvalue weighted by Gasteiger charge is -2.29. The Bertz CT molecular complexity index is 740. The summed E-state index contributed by atoms with van der Waals surface area (Å²) < 4.78 is 6.51. The Hall–Kier alpha value is -1.85. The van der Waals surface area contributed by atoms with Crippen LogP contribution in [-0.2, 0) is 22.5 Å². The van der Waals surface area contributed by atoms with Crippen LogP contribution in [0.4, 0.5) is 5.69 Å². The van der Waals surface area contributed by atoms with Crippen LogP contribution >= 0.6 is 15.9 Å². The molecule has 1 saturated heterocycles. The van der Waals surface area contributed by atoms with Gasteiger partial charge < -0.3 is 14.5 Å². The van der Waals surface area contributed by atoms with Gasteiger partial charge in [-0.05, 0) is 54.7 Å². The van der Waals surface area contributed by atoms with Gasteiger partial charge in [-0.15, -0.1) is 0 Å². The van der Waals surface area contributed by atoms with Crippen LogP contribution in [0.1, 0.15) is 30.4 Å². The molecular weight excluding hydrogens is 416 g/mol. The molecular formula is C23H29BrN2O2. The van der Waals surface area contributed by atoms with Gasteiger partial charge in [0.15, 0.2) is 0 Å². The number of hydrogen-bond donors (Lipinski definition) is 0. The van der Waals surface area contributed by atoms with E-state index < -0.39 is 0 Å². The summed E-state index contributed by atoms with van der Waals surface area (Å²) >= 11 is 3.46. The van der Waals surface area contributed by atoms with E-state index in [4.69, 9.17) is 4.74 Å². The fourth-order valence-corrected chi connectivity index (χ4v) is 3.71. The molecule has 0 unspecified atom stereocenters. The number of anilines is 1. The van der Waals surface area contributed by atoms with Crippen molar-refractivity contribution in [1.29, 1.82) is 0 Å². The minimum absolute atomic E-state index is 0.216. The molecule has 0 spiro atoms. The lowest BCUT2D eigenvalue weighted by molar-refractivity contribution is -0.130. The van der Waals surface area contributed by atoms with E-state index in [2.05, 4.69) is 69.4 Å². The van der Waals surface area contributed by atoms with Crippen LogP contribution < -0.4 is 4.90 Å². The first-order valence-corrected chi connectivity index (χ1v) is 10.8. The van der Waals surface area contributed by atoms with Crippen molar-refractivity contribution in [2.24, 2.45) is 0 Å². The number of halogens is 1. The Kier molecular flexibility index (Phi) is 7.92. The first kappa shape index (κ1) is 20.9. The molecule has 0 atom stereocenters. The summed E-state index contributed by atoms with van der Waals surface area (Å²) in [5, 5.41) is 0. The van der Waals surface area contributed by atoms with E-state index >= 15 is 0 Å². The van der Waals surface area contributed by atoms with Gasteiger partial charge in [0.1, 0.15) is 0 Å². The van der Waals surface area contributed by atoms with E-state index in [0.717, 1.165) is 50.0 Å². The molecule has 3 rings (SSSR count). The molecule has 1 fully saturated rings. The SMILES string of the molecule is CN(Cc1ccc(N2CCOCC2)cc1)C(=O)CCCCc1ccc(Br)cc1. The van der Waals surface area contributed by atoms with Crippen LogP contribution in [-0.4, -0.2) is 44.2 Å². The van der Waals surface area contributed by atoms with E-state index in [1.807, 2.05) is 11.9 Å². The molecule has 0 aromatic heterocycles. The molecule has 5 heteroatoms. The highest BCUT2D eigenvalue weighted by molar-refractivity contribution is 9.10. The van der Waals surface area contributed by atoms with Crippen LogP contribution in [0.5, 0.6) is 0 Å². The van der Waals surface area contributed by atoms with Gasteiger partial charge in [-0.3, -0.25) is 4.79 Å². The second kappa shape index (κ2) is 10.6. The maximum absolute atomic E-state index is 12.4. The second-order valence-corrected chi connectivity index (χ2v) is 8.26. The molecule has 0 radical (unpaired) electrons. The van der Waals surface area contributed by atoms with Crippen LogP contribution in [0.2, 0.25) is 0 Å². The number of ether oxygens (including phenoxy) is 1. The number of carbonyl (C=O) groups excluding carboxylic acids is 1. The van der Waals surface area contributed by atoms with Gasteiger partial charge >= 0.3 is 0 Å². The average molecular weight is 445 g/mol. The molecule has 28 heavy (non-hydrogen) atoms. The monoisotopic (exact) mass is 444 g/mol. The third-order valence-electron chi connectivity index (χ3n) is 5.18. The molecule has 0 N–H and O–H groups in total. The predicted molar refractivity (Wildman–Crippen MR) is 118 cm³/mol. The van der Waals surface area contributed by atoms with Gasteiger partial charge in [0.25, 0.3) is 0 Å². The van der Waals surface area contributed by atoms with Crippen LogP contribution in [0.15, 0.2) is 53.0 Å². The number of rotatable bonds is 8. The summed E-state index contributed by atoms with van der Waals surface area (Å²) in [6.07, 6.45) is 3.59. The topological polar surface area (TPSA) is 32.8 Å². The normalized spacial score (nSPS) is 14.1. The highest BCUT2D eigenvalue weighted by Crippen LogP contribution is 2.18. The maximum Gasteiger partial charge on any atom is 0.222 e. The molecule has 0 saturated carbocycles. The molecule has 4 nitrogen and oxygen atoms in total. The van der Waals surface area contributed by atoms with Crippen LogP contribution in [0, 0.1) is 0 Å². The van der Waals surface area contributed by atoms with E-state index in [0.29, 0.717) is 13.0 Å². The Morgan fingerprint density at radius 1 is 1.00 bits per heavy atom. The highest BCUT2D eigenvalue weighted by Gasteiger charge is 2.12. The molecule has 1 aliphatic heterocycles. The minimum atomic E-state index is 0.216. The van der Waals surface area contributed by atoms with Crippen LogP contribution in [0.3, 0.4) is 0 Å². The minimum Gasteiger partial charge on any atom is -0.378 e. The Labute approximate surface area is 176 Å². The zero-order valence-electron chi connectivity index (χ0n) is 16.6. The van der Waals surface area contributed by atoms with Gasteiger partial charge in [0, 0.05) is 43.3 Å². The number of benzene rings is 2. The van der Waals surface area contributed by atoms with E-state index in [9.17, 15) is 4.79 Å². The molecule has 1 aliphatic rings. The van der Waals surface area contributed by atoms with Crippen molar-refractivity contribution in [2.45, 2.75) is 32.2 Å². The lowest BCUT2D eigenvalue weighted by atomic mass is 10.1. The Morgan fingerprint density at radius 3 is 2.32 bits per heavy atom. The van der Waals surface area contributed by atoms with E-state index in [-0.39, 0.29) is 5.91 Å². The highest BCUT2D eigenvalue weighted by atomic mass is 79.9. The number of hydrogen-bond acceptors (Lipinski definition) is 3. The summed E-state index contributed by atoms with van der Waals surface area (Å²) in [4.78, 5) is 16.6. The van der Waals surface area contributed by atoms with Crippen LogP contribution in [0.25, 0.3) is 0 Å². The summed E-state index contributed by atoms with van der Waals surface area (Å²) in [5.74, 6) is 0.216. The van der Waals surface area contributed by atoms with Gasteiger partial charge in [-0.25, -0.2) is 0 Å². The van der Waals surface area contributed by atoms with Crippen molar-refractivity contribution in [3.05, 3.63) is 64.1 Å². The van der Waals surface area contributed by atoms with Crippen molar-refractivity contribution in [3.63, 3.8) is 0 Å². The average Bonchev–Trinajstić information content (AvgIpc) is 2.73. The summed E-state index contributed by atoms with van der Waals surface area (Å²) in [6.45, 7) is 4.13. The summed E-state index contributed by atoms with van der Waals surface area (Å²) in [7, 11) is 1.90. The largest absolute Gasteiger partial charge is 0.378 e. The number of carbonyl (C=O) groups is 1. The number of aryl methyl sites for hydroxylation is 1. The van der Waals surface area contributed by atoms with Crippen molar-refractivity contribution in [3.8, 4) is 0 Å². The number of nitrogens with zero attached hydrogens (tertiary/aromatic N) is 2. The quantitative estimate of drug-likeness (QED) is 0.555. The fraction of sp³-hybridized carbons (Fsp3) is 0.435. The summed E-state index contributed by atoms with van der Waals surface area (Å²) in [5.41, 5.74) is 3.72. The molecule has 0 bridgehead atoms. The third-order valence-corrected chi connectivity index (χ3v) is 5.71. The first-order chi connectivity index (χ1) is 13.6. The molecule has 150 valence electrons. The zero-order chi connectivity index (χ0) is 19.8. The van der Waals surface area contributed by atoms with Gasteiger partial charge in [-0.2, -0.15) is 0 Å². The number of amides is 1. The molecule has 1 amide bonds.